The molecule has 1 rings (SSSR count). The van der Waals surface area contributed by atoms with Crippen LogP contribution in [0.3, 0.4) is 0 Å². The number of rotatable bonds is 5. The molecule has 0 aromatic carbocycles. The van der Waals surface area contributed by atoms with Crippen molar-refractivity contribution in [1.29, 1.82) is 0 Å². The Morgan fingerprint density at radius 1 is 1.65 bits per heavy atom. The van der Waals surface area contributed by atoms with E-state index in [0.717, 1.165) is 4.34 Å². The zero-order valence-electron chi connectivity index (χ0n) is 10.4. The molecule has 0 aliphatic rings. The standard InChI is InChI=1S/C10H17N3O2S2/c1-10(2,15-3)5-12-8(14)6-7(11)17-9(13-6)16-4/h5,11H2,1-4H3,(H,12,14). The highest BCUT2D eigenvalue weighted by Crippen LogP contribution is 2.27. The molecule has 1 aromatic heterocycles. The highest BCUT2D eigenvalue weighted by molar-refractivity contribution is 8.00. The van der Waals surface area contributed by atoms with Crippen molar-refractivity contribution < 1.29 is 9.53 Å². The van der Waals surface area contributed by atoms with Gasteiger partial charge in [0.2, 0.25) is 0 Å². The van der Waals surface area contributed by atoms with Gasteiger partial charge in [-0.2, -0.15) is 0 Å². The van der Waals surface area contributed by atoms with Crippen molar-refractivity contribution in [2.45, 2.75) is 23.8 Å². The van der Waals surface area contributed by atoms with E-state index in [0.29, 0.717) is 17.2 Å². The number of nitrogens with zero attached hydrogens (tertiary/aromatic N) is 1. The van der Waals surface area contributed by atoms with Gasteiger partial charge in [-0.25, -0.2) is 4.98 Å². The summed E-state index contributed by atoms with van der Waals surface area (Å²) in [6.07, 6.45) is 1.90. The van der Waals surface area contributed by atoms with Gasteiger partial charge < -0.3 is 15.8 Å². The predicted molar refractivity (Wildman–Crippen MR) is 71.7 cm³/mol. The van der Waals surface area contributed by atoms with Crippen LogP contribution in [-0.2, 0) is 4.74 Å². The normalized spacial score (nSPS) is 11.5. The Kier molecular flexibility index (Phi) is 4.79. The fourth-order valence-electron chi connectivity index (χ4n) is 1.01. The molecule has 0 bridgehead atoms. The lowest BCUT2D eigenvalue weighted by atomic mass is 10.1. The summed E-state index contributed by atoms with van der Waals surface area (Å²) in [6.45, 7) is 4.20. The SMILES string of the molecule is COC(C)(C)CNC(=O)c1nc(SC)sc1N. The van der Waals surface area contributed by atoms with Crippen LogP contribution in [0.2, 0.25) is 0 Å². The molecule has 0 aliphatic carbocycles. The fraction of sp³-hybridized carbons (Fsp3) is 0.600. The van der Waals surface area contributed by atoms with E-state index in [9.17, 15) is 4.79 Å². The van der Waals surface area contributed by atoms with Crippen LogP contribution >= 0.6 is 23.1 Å². The fourth-order valence-corrected chi connectivity index (χ4v) is 2.36. The summed E-state index contributed by atoms with van der Waals surface area (Å²) in [5.41, 5.74) is 5.64. The van der Waals surface area contributed by atoms with E-state index in [2.05, 4.69) is 10.3 Å². The van der Waals surface area contributed by atoms with E-state index in [1.807, 2.05) is 20.1 Å². The van der Waals surface area contributed by atoms with Crippen molar-refractivity contribution in [3.05, 3.63) is 5.69 Å². The van der Waals surface area contributed by atoms with Gasteiger partial charge in [0.15, 0.2) is 10.0 Å². The zero-order valence-corrected chi connectivity index (χ0v) is 12.0. The third kappa shape index (κ3) is 3.86. The molecule has 0 spiro atoms. The molecule has 5 nitrogen and oxygen atoms in total. The van der Waals surface area contributed by atoms with Crippen molar-refractivity contribution in [3.8, 4) is 0 Å². The summed E-state index contributed by atoms with van der Waals surface area (Å²) in [5.74, 6) is -0.260. The van der Waals surface area contributed by atoms with E-state index >= 15 is 0 Å². The first kappa shape index (κ1) is 14.3. The number of thiazole rings is 1. The molecular weight excluding hydrogens is 258 g/mol. The van der Waals surface area contributed by atoms with Crippen LogP contribution in [0, 0.1) is 0 Å². The topological polar surface area (TPSA) is 77.2 Å². The quantitative estimate of drug-likeness (QED) is 0.798. The van der Waals surface area contributed by atoms with E-state index < -0.39 is 5.60 Å². The van der Waals surface area contributed by atoms with Crippen molar-refractivity contribution in [3.63, 3.8) is 0 Å². The Balaban J connectivity index is 2.67. The number of nitrogens with two attached hydrogens (primary N) is 1. The molecule has 0 unspecified atom stereocenters. The van der Waals surface area contributed by atoms with Gasteiger partial charge in [0.05, 0.1) is 5.60 Å². The maximum Gasteiger partial charge on any atom is 0.273 e. The van der Waals surface area contributed by atoms with Gasteiger partial charge in [0, 0.05) is 13.7 Å². The van der Waals surface area contributed by atoms with Gasteiger partial charge in [0.1, 0.15) is 5.00 Å². The summed E-state index contributed by atoms with van der Waals surface area (Å²) in [6, 6.07) is 0. The molecule has 1 amide bonds. The second-order valence-corrected chi connectivity index (χ2v) is 6.13. The van der Waals surface area contributed by atoms with Crippen molar-refractivity contribution in [2.24, 2.45) is 0 Å². The van der Waals surface area contributed by atoms with Crippen LogP contribution in [0.4, 0.5) is 5.00 Å². The molecule has 0 atom stereocenters. The number of ether oxygens (including phenoxy) is 1. The lowest BCUT2D eigenvalue weighted by Crippen LogP contribution is -2.40. The largest absolute Gasteiger partial charge is 0.389 e. The molecule has 0 saturated carbocycles. The van der Waals surface area contributed by atoms with Gasteiger partial charge in [-0.3, -0.25) is 4.79 Å². The summed E-state index contributed by atoms with van der Waals surface area (Å²) in [4.78, 5) is 16.0. The number of amides is 1. The van der Waals surface area contributed by atoms with Crippen LogP contribution in [0.5, 0.6) is 0 Å². The maximum atomic E-state index is 11.8. The van der Waals surface area contributed by atoms with Crippen LogP contribution in [0.15, 0.2) is 4.34 Å². The van der Waals surface area contributed by atoms with Crippen LogP contribution in [0.25, 0.3) is 0 Å². The van der Waals surface area contributed by atoms with Crippen LogP contribution in [0.1, 0.15) is 24.3 Å². The summed E-state index contributed by atoms with van der Waals surface area (Å²) < 4.78 is 6.00. The number of hydrogen-bond acceptors (Lipinski definition) is 6. The van der Waals surface area contributed by atoms with E-state index in [1.54, 1.807) is 7.11 Å². The Bertz CT molecular complexity index is 404. The van der Waals surface area contributed by atoms with E-state index in [-0.39, 0.29) is 5.91 Å². The number of aromatic nitrogens is 1. The number of hydrogen-bond donors (Lipinski definition) is 2. The zero-order chi connectivity index (χ0) is 13.1. The number of carbonyl (C=O) groups excluding carboxylic acids is 1. The Hall–Kier alpha value is -0.790. The number of methoxy groups -OCH3 is 1. The molecule has 96 valence electrons. The van der Waals surface area contributed by atoms with E-state index in [4.69, 9.17) is 10.5 Å². The molecular formula is C10H17N3O2S2. The van der Waals surface area contributed by atoms with Gasteiger partial charge in [0.25, 0.3) is 5.91 Å². The number of nitrogen functional groups attached to an aromatic ring is 1. The highest BCUT2D eigenvalue weighted by atomic mass is 32.2. The number of carbonyl (C=O) groups is 1. The first-order valence-electron chi connectivity index (χ1n) is 5.03. The molecule has 3 N–H and O–H groups in total. The summed E-state index contributed by atoms with van der Waals surface area (Å²) in [7, 11) is 1.61. The Morgan fingerprint density at radius 2 is 2.29 bits per heavy atom. The molecule has 0 saturated heterocycles. The third-order valence-corrected chi connectivity index (χ3v) is 4.12. The average molecular weight is 275 g/mol. The van der Waals surface area contributed by atoms with Crippen LogP contribution < -0.4 is 11.1 Å². The van der Waals surface area contributed by atoms with E-state index in [1.165, 1.54) is 23.1 Å². The number of anilines is 1. The molecule has 7 heteroatoms. The van der Waals surface area contributed by atoms with Gasteiger partial charge in [-0.1, -0.05) is 23.1 Å². The monoisotopic (exact) mass is 275 g/mol. The molecule has 1 heterocycles. The second kappa shape index (κ2) is 5.70. The molecule has 17 heavy (non-hydrogen) atoms. The second-order valence-electron chi connectivity index (χ2n) is 4.04. The Morgan fingerprint density at radius 3 is 2.76 bits per heavy atom. The third-order valence-electron chi connectivity index (χ3n) is 2.25. The van der Waals surface area contributed by atoms with Crippen LogP contribution in [-0.4, -0.2) is 36.4 Å². The van der Waals surface area contributed by atoms with Gasteiger partial charge in [-0.05, 0) is 20.1 Å². The van der Waals surface area contributed by atoms with Crippen molar-refractivity contribution in [1.82, 2.24) is 10.3 Å². The summed E-state index contributed by atoms with van der Waals surface area (Å²) >= 11 is 2.79. The predicted octanol–water partition coefficient (Wildman–Crippen LogP) is 1.60. The molecule has 0 radical (unpaired) electrons. The molecule has 0 aliphatic heterocycles. The lowest BCUT2D eigenvalue weighted by Gasteiger charge is -2.22. The molecule has 1 aromatic rings. The minimum atomic E-state index is -0.400. The Labute approximate surface area is 109 Å². The highest BCUT2D eigenvalue weighted by Gasteiger charge is 2.21. The lowest BCUT2D eigenvalue weighted by molar-refractivity contribution is 0.0228. The first-order valence-corrected chi connectivity index (χ1v) is 7.07. The first-order chi connectivity index (χ1) is 7.89. The van der Waals surface area contributed by atoms with Crippen molar-refractivity contribution >= 4 is 34.0 Å². The number of nitrogens with one attached hydrogen (secondary N) is 1. The minimum absolute atomic E-state index is 0.260. The smallest absolute Gasteiger partial charge is 0.273 e. The molecule has 0 fully saturated rings. The van der Waals surface area contributed by atoms with Gasteiger partial charge in [-0.15, -0.1) is 0 Å². The summed E-state index contributed by atoms with van der Waals surface area (Å²) in [5, 5.41) is 3.21. The average Bonchev–Trinajstić information content (AvgIpc) is 2.68. The van der Waals surface area contributed by atoms with Gasteiger partial charge >= 0.3 is 0 Å². The maximum absolute atomic E-state index is 11.8. The number of thioether (sulfide) groups is 1. The minimum Gasteiger partial charge on any atom is -0.389 e. The van der Waals surface area contributed by atoms with Crippen molar-refractivity contribution in [2.75, 3.05) is 25.6 Å².